The Morgan fingerprint density at radius 2 is 1.80 bits per heavy atom. The van der Waals surface area contributed by atoms with Gasteiger partial charge in [0.15, 0.2) is 0 Å². The van der Waals surface area contributed by atoms with Crippen LogP contribution in [-0.2, 0) is 17.6 Å². The van der Waals surface area contributed by atoms with Gasteiger partial charge in [0, 0.05) is 12.8 Å². The molecule has 0 aromatic heterocycles. The molecule has 0 aliphatic rings. The third-order valence-corrected chi connectivity index (χ3v) is 2.54. The molecule has 0 heterocycles. The van der Waals surface area contributed by atoms with E-state index in [-0.39, 0.29) is 6.42 Å². The Hall–Kier alpha value is -1.15. The summed E-state index contributed by atoms with van der Waals surface area (Å²) in [6.45, 7) is 3.80. The Labute approximate surface area is 90.9 Å². The van der Waals surface area contributed by atoms with Gasteiger partial charge in [0.05, 0.1) is 5.60 Å². The van der Waals surface area contributed by atoms with Gasteiger partial charge in [-0.05, 0) is 24.5 Å². The summed E-state index contributed by atoms with van der Waals surface area (Å²) >= 11 is 0. The zero-order chi connectivity index (χ0) is 11.3. The predicted octanol–water partition coefficient (Wildman–Crippen LogP) is 2.13. The van der Waals surface area contributed by atoms with Crippen LogP contribution in [0.15, 0.2) is 24.3 Å². The van der Waals surface area contributed by atoms with Crippen molar-refractivity contribution in [1.29, 1.82) is 0 Å². The van der Waals surface area contributed by atoms with Gasteiger partial charge < -0.3 is 9.90 Å². The smallest absolute Gasteiger partial charge is 0.122 e. The predicted molar refractivity (Wildman–Crippen MR) is 60.8 cm³/mol. The number of rotatable bonds is 5. The highest BCUT2D eigenvalue weighted by atomic mass is 16.3. The Kier molecular flexibility index (Phi) is 4.04. The number of carbonyl (C=O) groups excluding carboxylic acids is 1. The topological polar surface area (TPSA) is 37.3 Å². The third kappa shape index (κ3) is 3.84. The van der Waals surface area contributed by atoms with E-state index >= 15 is 0 Å². The lowest BCUT2D eigenvalue weighted by Gasteiger charge is -2.20. The van der Waals surface area contributed by atoms with Gasteiger partial charge >= 0.3 is 0 Å². The van der Waals surface area contributed by atoms with Crippen molar-refractivity contribution in [3.05, 3.63) is 35.4 Å². The van der Waals surface area contributed by atoms with E-state index in [4.69, 9.17) is 0 Å². The molecular weight excluding hydrogens is 188 g/mol. The summed E-state index contributed by atoms with van der Waals surface area (Å²) in [4.78, 5) is 10.4. The first-order valence-corrected chi connectivity index (χ1v) is 5.31. The van der Waals surface area contributed by atoms with E-state index in [0.29, 0.717) is 6.42 Å². The zero-order valence-electron chi connectivity index (χ0n) is 9.36. The molecule has 0 radical (unpaired) electrons. The maximum Gasteiger partial charge on any atom is 0.122 e. The summed E-state index contributed by atoms with van der Waals surface area (Å²) < 4.78 is 0. The van der Waals surface area contributed by atoms with Crippen molar-refractivity contribution in [2.75, 3.05) is 0 Å². The molecule has 1 aromatic carbocycles. The molecule has 1 aromatic rings. The Morgan fingerprint density at radius 1 is 1.27 bits per heavy atom. The van der Waals surface area contributed by atoms with E-state index in [1.165, 1.54) is 5.56 Å². The van der Waals surface area contributed by atoms with Gasteiger partial charge in [-0.25, -0.2) is 0 Å². The highest BCUT2D eigenvalue weighted by Crippen LogP contribution is 2.16. The van der Waals surface area contributed by atoms with Gasteiger partial charge in [0.2, 0.25) is 0 Å². The van der Waals surface area contributed by atoms with Crippen LogP contribution in [0, 0.1) is 0 Å². The standard InChI is InChI=1S/C13H18O2/c1-3-11-4-6-12(7-5-11)10-13(2,15)8-9-14/h4-7,9,15H,3,8,10H2,1-2H3. The maximum absolute atomic E-state index is 10.4. The Balaban J connectivity index is 2.68. The van der Waals surface area contributed by atoms with Crippen LogP contribution in [0.2, 0.25) is 0 Å². The minimum Gasteiger partial charge on any atom is -0.389 e. The lowest BCUT2D eigenvalue weighted by molar-refractivity contribution is -0.111. The first kappa shape index (κ1) is 11.9. The number of hydrogen-bond acceptors (Lipinski definition) is 2. The minimum atomic E-state index is -0.921. The molecular formula is C13H18O2. The summed E-state index contributed by atoms with van der Waals surface area (Å²) in [6.07, 6.45) is 2.49. The summed E-state index contributed by atoms with van der Waals surface area (Å²) in [5.41, 5.74) is 1.43. The number of carbonyl (C=O) groups is 1. The fourth-order valence-electron chi connectivity index (χ4n) is 1.58. The molecule has 2 nitrogen and oxygen atoms in total. The third-order valence-electron chi connectivity index (χ3n) is 2.54. The van der Waals surface area contributed by atoms with Crippen molar-refractivity contribution in [3.63, 3.8) is 0 Å². The first-order chi connectivity index (χ1) is 7.07. The fourth-order valence-corrected chi connectivity index (χ4v) is 1.58. The number of benzene rings is 1. The molecule has 0 saturated heterocycles. The van der Waals surface area contributed by atoms with Crippen LogP contribution >= 0.6 is 0 Å². The minimum absolute atomic E-state index is 0.183. The van der Waals surface area contributed by atoms with Crippen molar-refractivity contribution in [3.8, 4) is 0 Å². The zero-order valence-corrected chi connectivity index (χ0v) is 9.36. The van der Waals surface area contributed by atoms with E-state index in [2.05, 4.69) is 19.1 Å². The van der Waals surface area contributed by atoms with Crippen molar-refractivity contribution < 1.29 is 9.90 Å². The number of hydrogen-bond donors (Lipinski definition) is 1. The average Bonchev–Trinajstić information content (AvgIpc) is 2.18. The van der Waals surface area contributed by atoms with Crippen LogP contribution in [0.3, 0.4) is 0 Å². The number of aryl methyl sites for hydroxylation is 1. The average molecular weight is 206 g/mol. The van der Waals surface area contributed by atoms with E-state index in [1.54, 1.807) is 6.92 Å². The van der Waals surface area contributed by atoms with Crippen LogP contribution in [0.4, 0.5) is 0 Å². The van der Waals surface area contributed by atoms with Crippen molar-refractivity contribution in [2.45, 2.75) is 38.7 Å². The van der Waals surface area contributed by atoms with Gasteiger partial charge in [-0.1, -0.05) is 31.2 Å². The highest BCUT2D eigenvalue weighted by molar-refractivity contribution is 5.51. The fraction of sp³-hybridized carbons (Fsp3) is 0.462. The molecule has 82 valence electrons. The van der Waals surface area contributed by atoms with Crippen molar-refractivity contribution in [2.24, 2.45) is 0 Å². The molecule has 15 heavy (non-hydrogen) atoms. The molecule has 1 N–H and O–H groups in total. The van der Waals surface area contributed by atoms with Crippen LogP contribution in [-0.4, -0.2) is 17.0 Å². The Morgan fingerprint density at radius 3 is 2.27 bits per heavy atom. The van der Waals surface area contributed by atoms with E-state index < -0.39 is 5.60 Å². The summed E-state index contributed by atoms with van der Waals surface area (Å²) in [5.74, 6) is 0. The lowest BCUT2D eigenvalue weighted by Crippen LogP contribution is -2.27. The molecule has 1 unspecified atom stereocenters. The lowest BCUT2D eigenvalue weighted by atomic mass is 9.93. The Bertz CT molecular complexity index is 312. The van der Waals surface area contributed by atoms with Crippen LogP contribution in [0.1, 0.15) is 31.4 Å². The molecule has 1 atom stereocenters. The van der Waals surface area contributed by atoms with Gasteiger partial charge in [-0.15, -0.1) is 0 Å². The van der Waals surface area contributed by atoms with E-state index in [0.717, 1.165) is 18.3 Å². The van der Waals surface area contributed by atoms with Crippen LogP contribution < -0.4 is 0 Å². The SMILES string of the molecule is CCc1ccc(CC(C)(O)CC=O)cc1. The van der Waals surface area contributed by atoms with Crippen LogP contribution in [0.5, 0.6) is 0 Å². The molecule has 0 bridgehead atoms. The molecule has 1 rings (SSSR count). The normalized spacial score (nSPS) is 14.6. The van der Waals surface area contributed by atoms with Gasteiger partial charge in [0.1, 0.15) is 6.29 Å². The molecule has 0 amide bonds. The van der Waals surface area contributed by atoms with E-state index in [1.807, 2.05) is 12.1 Å². The second-order valence-electron chi connectivity index (χ2n) is 4.21. The summed E-state index contributed by atoms with van der Waals surface area (Å²) in [6, 6.07) is 8.15. The first-order valence-electron chi connectivity index (χ1n) is 5.31. The second kappa shape index (κ2) is 5.08. The molecule has 0 aliphatic heterocycles. The quantitative estimate of drug-likeness (QED) is 0.749. The summed E-state index contributed by atoms with van der Waals surface area (Å²) in [7, 11) is 0. The second-order valence-corrected chi connectivity index (χ2v) is 4.21. The van der Waals surface area contributed by atoms with Gasteiger partial charge in [0.25, 0.3) is 0 Å². The highest BCUT2D eigenvalue weighted by Gasteiger charge is 2.19. The van der Waals surface area contributed by atoms with Crippen molar-refractivity contribution in [1.82, 2.24) is 0 Å². The van der Waals surface area contributed by atoms with Crippen LogP contribution in [0.25, 0.3) is 0 Å². The number of aliphatic hydroxyl groups is 1. The molecule has 0 aliphatic carbocycles. The van der Waals surface area contributed by atoms with Gasteiger partial charge in [-0.2, -0.15) is 0 Å². The number of aldehydes is 1. The molecule has 2 heteroatoms. The molecule has 0 saturated carbocycles. The van der Waals surface area contributed by atoms with Gasteiger partial charge in [-0.3, -0.25) is 0 Å². The van der Waals surface area contributed by atoms with E-state index in [9.17, 15) is 9.90 Å². The van der Waals surface area contributed by atoms with Crippen molar-refractivity contribution >= 4 is 6.29 Å². The largest absolute Gasteiger partial charge is 0.389 e. The molecule has 0 fully saturated rings. The maximum atomic E-state index is 10.4. The summed E-state index contributed by atoms with van der Waals surface area (Å²) in [5, 5.41) is 9.86. The monoisotopic (exact) mass is 206 g/mol. The molecule has 0 spiro atoms.